The van der Waals surface area contributed by atoms with Crippen LogP contribution in [0, 0.1) is 0 Å². The highest BCUT2D eigenvalue weighted by Gasteiger charge is 2.43. The first kappa shape index (κ1) is 21.9. The minimum absolute atomic E-state index is 0.100. The van der Waals surface area contributed by atoms with Crippen LogP contribution in [0.25, 0.3) is 5.57 Å². The summed E-state index contributed by atoms with van der Waals surface area (Å²) in [4.78, 5) is 31.8. The van der Waals surface area contributed by atoms with Crippen LogP contribution in [0.15, 0.2) is 54.2 Å². The maximum absolute atomic E-state index is 13.4. The van der Waals surface area contributed by atoms with Gasteiger partial charge < -0.3 is 14.5 Å². The summed E-state index contributed by atoms with van der Waals surface area (Å²) in [5, 5.41) is 0. The molecule has 0 radical (unpaired) electrons. The van der Waals surface area contributed by atoms with E-state index < -0.39 is 23.6 Å². The van der Waals surface area contributed by atoms with Crippen molar-refractivity contribution in [2.75, 3.05) is 45.2 Å². The van der Waals surface area contributed by atoms with E-state index in [-0.39, 0.29) is 17.0 Å². The molecule has 2 aliphatic heterocycles. The number of ether oxygens (including phenoxy) is 1. The second kappa shape index (κ2) is 8.31. The molecule has 32 heavy (non-hydrogen) atoms. The third kappa shape index (κ3) is 3.95. The fourth-order valence-corrected chi connectivity index (χ4v) is 3.89. The lowest BCUT2D eigenvalue weighted by molar-refractivity contribution is -0.137. The first-order valence-corrected chi connectivity index (χ1v) is 10.1. The number of benzene rings is 2. The highest BCUT2D eigenvalue weighted by atomic mass is 19.4. The molecule has 1 fully saturated rings. The Morgan fingerprint density at radius 2 is 1.44 bits per heavy atom. The van der Waals surface area contributed by atoms with E-state index in [9.17, 15) is 22.8 Å². The lowest BCUT2D eigenvalue weighted by Gasteiger charge is -2.34. The van der Waals surface area contributed by atoms with E-state index >= 15 is 0 Å². The minimum atomic E-state index is -4.50. The Morgan fingerprint density at radius 3 is 1.97 bits per heavy atom. The monoisotopic (exact) mass is 445 g/mol. The van der Waals surface area contributed by atoms with Gasteiger partial charge in [-0.3, -0.25) is 9.59 Å². The van der Waals surface area contributed by atoms with Crippen LogP contribution < -0.4 is 9.64 Å². The third-order valence-corrected chi connectivity index (χ3v) is 5.71. The molecule has 2 heterocycles. The maximum Gasteiger partial charge on any atom is 0.416 e. The van der Waals surface area contributed by atoms with Crippen molar-refractivity contribution in [2.24, 2.45) is 0 Å². The van der Waals surface area contributed by atoms with Crippen LogP contribution in [0.2, 0.25) is 0 Å². The van der Waals surface area contributed by atoms with Gasteiger partial charge in [-0.2, -0.15) is 13.2 Å². The summed E-state index contributed by atoms with van der Waals surface area (Å²) in [5.41, 5.74) is 0.314. The molecular formula is C23H22F3N3O3. The van der Waals surface area contributed by atoms with Crippen LogP contribution >= 0.6 is 0 Å². The van der Waals surface area contributed by atoms with Gasteiger partial charge in [0.15, 0.2) is 0 Å². The second-order valence-corrected chi connectivity index (χ2v) is 7.73. The number of nitrogens with zero attached hydrogens (tertiary/aromatic N) is 3. The van der Waals surface area contributed by atoms with Crippen molar-refractivity contribution < 1.29 is 27.5 Å². The number of carbonyl (C=O) groups is 2. The van der Waals surface area contributed by atoms with Crippen molar-refractivity contribution in [1.82, 2.24) is 9.80 Å². The average Bonchev–Trinajstić information content (AvgIpc) is 3.04. The van der Waals surface area contributed by atoms with E-state index in [1.165, 1.54) is 7.11 Å². The largest absolute Gasteiger partial charge is 0.497 e. The van der Waals surface area contributed by atoms with Crippen molar-refractivity contribution in [1.29, 1.82) is 0 Å². The standard InChI is InChI=1S/C23H22F3N3O3/c1-27-11-13-28(14-12-27)20-19(15-3-9-18(32-2)10-4-15)21(30)29(22(20)31)17-7-5-16(6-8-17)23(24,25)26/h3-10H,11-14H2,1-2H3. The Hall–Kier alpha value is -3.33. The summed E-state index contributed by atoms with van der Waals surface area (Å²) in [6.07, 6.45) is -4.50. The van der Waals surface area contributed by atoms with Gasteiger partial charge in [-0.05, 0) is 49.0 Å². The summed E-state index contributed by atoms with van der Waals surface area (Å²) in [6, 6.07) is 10.8. The van der Waals surface area contributed by atoms with Crippen molar-refractivity contribution in [3.8, 4) is 5.75 Å². The molecule has 1 saturated heterocycles. The van der Waals surface area contributed by atoms with E-state index in [1.54, 1.807) is 24.3 Å². The number of amides is 2. The minimum Gasteiger partial charge on any atom is -0.497 e. The van der Waals surface area contributed by atoms with Gasteiger partial charge in [-0.25, -0.2) is 4.90 Å². The van der Waals surface area contributed by atoms with Gasteiger partial charge in [-0.15, -0.1) is 0 Å². The molecule has 168 valence electrons. The number of hydrogen-bond donors (Lipinski definition) is 0. The molecule has 0 N–H and O–H groups in total. The smallest absolute Gasteiger partial charge is 0.416 e. The molecule has 0 unspecified atom stereocenters. The summed E-state index contributed by atoms with van der Waals surface area (Å²) in [6.45, 7) is 2.57. The van der Waals surface area contributed by atoms with Crippen LogP contribution in [0.5, 0.6) is 5.75 Å². The van der Waals surface area contributed by atoms with Gasteiger partial charge in [0.2, 0.25) is 0 Å². The number of carbonyl (C=O) groups excluding carboxylic acids is 2. The number of halogens is 3. The van der Waals surface area contributed by atoms with Crippen molar-refractivity contribution >= 4 is 23.1 Å². The van der Waals surface area contributed by atoms with Crippen molar-refractivity contribution in [3.63, 3.8) is 0 Å². The number of piperazine rings is 1. The fraction of sp³-hybridized carbons (Fsp3) is 0.304. The molecule has 0 bridgehead atoms. The van der Waals surface area contributed by atoms with Gasteiger partial charge in [0.25, 0.3) is 11.8 Å². The number of imide groups is 1. The molecule has 0 saturated carbocycles. The lowest BCUT2D eigenvalue weighted by atomic mass is 10.0. The normalized spacial score (nSPS) is 18.0. The summed E-state index contributed by atoms with van der Waals surface area (Å²) >= 11 is 0. The fourth-order valence-electron chi connectivity index (χ4n) is 3.89. The maximum atomic E-state index is 13.4. The highest BCUT2D eigenvalue weighted by Crippen LogP contribution is 2.37. The summed E-state index contributed by atoms with van der Waals surface area (Å²) < 4.78 is 44.0. The molecule has 2 aromatic rings. The Labute approximate surface area is 183 Å². The molecule has 0 aromatic heterocycles. The molecule has 6 nitrogen and oxygen atoms in total. The van der Waals surface area contributed by atoms with Crippen LogP contribution in [0.3, 0.4) is 0 Å². The predicted molar refractivity (Wildman–Crippen MR) is 113 cm³/mol. The molecule has 0 spiro atoms. The van der Waals surface area contributed by atoms with Gasteiger partial charge >= 0.3 is 6.18 Å². The zero-order chi connectivity index (χ0) is 23.0. The number of methoxy groups -OCH3 is 1. The van der Waals surface area contributed by atoms with Crippen molar-refractivity contribution in [2.45, 2.75) is 6.18 Å². The van der Waals surface area contributed by atoms with Crippen LogP contribution in [0.1, 0.15) is 11.1 Å². The number of hydrogen-bond acceptors (Lipinski definition) is 5. The Morgan fingerprint density at radius 1 is 0.844 bits per heavy atom. The lowest BCUT2D eigenvalue weighted by Crippen LogP contribution is -2.46. The van der Waals surface area contributed by atoms with E-state index in [4.69, 9.17) is 4.74 Å². The van der Waals surface area contributed by atoms with Crippen molar-refractivity contribution in [3.05, 3.63) is 65.4 Å². The van der Waals surface area contributed by atoms with Gasteiger partial charge in [0.1, 0.15) is 11.4 Å². The predicted octanol–water partition coefficient (Wildman–Crippen LogP) is 3.25. The highest BCUT2D eigenvalue weighted by molar-refractivity contribution is 6.45. The molecule has 9 heteroatoms. The SMILES string of the molecule is COc1ccc(C2=C(N3CCN(C)CC3)C(=O)N(c3ccc(C(F)(F)F)cc3)C2=O)cc1. The Bertz CT molecular complexity index is 1050. The molecule has 4 rings (SSSR count). The van der Waals surface area contributed by atoms with E-state index in [0.29, 0.717) is 24.4 Å². The quantitative estimate of drug-likeness (QED) is 0.677. The molecule has 0 atom stereocenters. The Kier molecular flexibility index (Phi) is 5.68. The average molecular weight is 445 g/mol. The van der Waals surface area contributed by atoms with Crippen LogP contribution in [-0.2, 0) is 15.8 Å². The second-order valence-electron chi connectivity index (χ2n) is 7.73. The zero-order valence-electron chi connectivity index (χ0n) is 17.6. The Balaban J connectivity index is 1.75. The van der Waals surface area contributed by atoms with E-state index in [1.807, 2.05) is 11.9 Å². The zero-order valence-corrected chi connectivity index (χ0v) is 17.6. The van der Waals surface area contributed by atoms with Gasteiger partial charge in [-0.1, -0.05) is 12.1 Å². The molecular weight excluding hydrogens is 423 g/mol. The first-order chi connectivity index (χ1) is 15.2. The van der Waals surface area contributed by atoms with Crippen LogP contribution in [0.4, 0.5) is 18.9 Å². The summed E-state index contributed by atoms with van der Waals surface area (Å²) in [5.74, 6) is -0.495. The topological polar surface area (TPSA) is 53.1 Å². The van der Waals surface area contributed by atoms with E-state index in [2.05, 4.69) is 4.90 Å². The molecule has 0 aliphatic carbocycles. The molecule has 2 amide bonds. The molecule has 2 aromatic carbocycles. The van der Waals surface area contributed by atoms with Gasteiger partial charge in [0, 0.05) is 26.2 Å². The number of rotatable bonds is 4. The first-order valence-electron chi connectivity index (χ1n) is 10.1. The number of anilines is 1. The number of alkyl halides is 3. The van der Waals surface area contributed by atoms with Crippen LogP contribution in [-0.4, -0.2) is 62.0 Å². The van der Waals surface area contributed by atoms with E-state index in [0.717, 1.165) is 42.3 Å². The van der Waals surface area contributed by atoms with Gasteiger partial charge in [0.05, 0.1) is 23.9 Å². The summed E-state index contributed by atoms with van der Waals surface area (Å²) in [7, 11) is 3.51. The number of likely N-dealkylation sites (N-methyl/N-ethyl adjacent to an activating group) is 1. The third-order valence-electron chi connectivity index (χ3n) is 5.71. The molecule has 2 aliphatic rings.